The minimum absolute atomic E-state index is 0.424. The lowest BCUT2D eigenvalue weighted by Crippen LogP contribution is -2.48. The van der Waals surface area contributed by atoms with Gasteiger partial charge >= 0.3 is 10.8 Å². The van der Waals surface area contributed by atoms with E-state index in [-0.39, 0.29) is 0 Å². The van der Waals surface area contributed by atoms with Crippen molar-refractivity contribution in [1.29, 1.82) is 0 Å². The summed E-state index contributed by atoms with van der Waals surface area (Å²) in [7, 11) is -4.78. The van der Waals surface area contributed by atoms with Crippen LogP contribution in [-0.4, -0.2) is 17.8 Å². The van der Waals surface area contributed by atoms with Crippen LogP contribution in [0.4, 0.5) is 0 Å². The van der Waals surface area contributed by atoms with Crippen molar-refractivity contribution in [3.8, 4) is 0 Å². The van der Waals surface area contributed by atoms with Gasteiger partial charge in [0.05, 0.1) is 5.39 Å². The first-order chi connectivity index (χ1) is 8.79. The summed E-state index contributed by atoms with van der Waals surface area (Å²) >= 11 is 0. The van der Waals surface area contributed by atoms with Crippen LogP contribution in [0.2, 0.25) is 0 Å². The molecule has 0 aliphatic heterocycles. The van der Waals surface area contributed by atoms with Gasteiger partial charge in [0.25, 0.3) is 15.5 Å². The van der Waals surface area contributed by atoms with Crippen LogP contribution < -0.4 is 21.6 Å². The van der Waals surface area contributed by atoms with Crippen LogP contribution >= 0.6 is 0 Å². The second-order valence-electron chi connectivity index (χ2n) is 3.59. The minimum atomic E-state index is -4.78. The van der Waals surface area contributed by atoms with Crippen LogP contribution in [0.5, 0.6) is 0 Å². The van der Waals surface area contributed by atoms with Crippen molar-refractivity contribution >= 4 is 20.9 Å². The van der Waals surface area contributed by atoms with Crippen LogP contribution in [0.1, 0.15) is 0 Å². The third-order valence-electron chi connectivity index (χ3n) is 2.51. The topological polar surface area (TPSA) is 142 Å². The normalized spacial score (nSPS) is 11.4. The van der Waals surface area contributed by atoms with E-state index in [9.17, 15) is 22.8 Å². The molecular formula is C10H4N2O6S. The van der Waals surface area contributed by atoms with Gasteiger partial charge in [0.2, 0.25) is 5.43 Å². The lowest BCUT2D eigenvalue weighted by Gasteiger charge is -1.99. The summed E-state index contributed by atoms with van der Waals surface area (Å²) < 4.78 is 31.2. The fraction of sp³-hybridized carbons (Fsp3) is 0. The molecule has 0 amide bonds. The highest BCUT2D eigenvalue weighted by atomic mass is 32.2. The number of hydrogen-bond donors (Lipinski definition) is 1. The molecule has 0 aliphatic rings. The van der Waals surface area contributed by atoms with Gasteiger partial charge in [-0.05, 0) is 12.1 Å². The summed E-state index contributed by atoms with van der Waals surface area (Å²) in [6.07, 6.45) is 0. The summed E-state index contributed by atoms with van der Waals surface area (Å²) in [6, 6.07) is 3.08. The number of hydrogen-bond acceptors (Lipinski definition) is 5. The Morgan fingerprint density at radius 2 is 1.68 bits per heavy atom. The van der Waals surface area contributed by atoms with Crippen molar-refractivity contribution < 1.29 is 17.8 Å². The highest BCUT2D eigenvalue weighted by Crippen LogP contribution is 2.15. The molecule has 2 aromatic rings. The largest absolute Gasteiger partial charge is 0.413 e. The molecule has 96 valence electrons. The summed E-state index contributed by atoms with van der Waals surface area (Å²) in [5, 5.41) is -2.13. The van der Waals surface area contributed by atoms with E-state index in [1.165, 1.54) is 0 Å². The standard InChI is InChI=1S/C10H4N2O6S/c11-12-7-8(13)4-2-1-3-5(19(16,17)18)6(4)9(14)10(7)15/h1-3H,(H,16,17,18). The molecule has 9 heteroatoms. The van der Waals surface area contributed by atoms with Crippen molar-refractivity contribution in [2.45, 2.75) is 4.90 Å². The summed E-state index contributed by atoms with van der Waals surface area (Å²) in [5.41, 5.74) is 4.67. The van der Waals surface area contributed by atoms with Crippen LogP contribution in [0.25, 0.3) is 16.3 Å². The maximum absolute atomic E-state index is 11.7. The van der Waals surface area contributed by atoms with E-state index in [2.05, 4.69) is 4.79 Å². The quantitative estimate of drug-likeness (QED) is 0.282. The Bertz CT molecular complexity index is 1040. The molecule has 0 saturated heterocycles. The molecule has 0 spiro atoms. The van der Waals surface area contributed by atoms with Crippen molar-refractivity contribution in [2.24, 2.45) is 0 Å². The molecule has 2 rings (SSSR count). The average molecular weight is 280 g/mol. The first-order valence-electron chi connectivity index (χ1n) is 4.75. The van der Waals surface area contributed by atoms with E-state index in [0.29, 0.717) is 0 Å². The molecule has 0 bridgehead atoms. The third kappa shape index (κ3) is 1.82. The Morgan fingerprint density at radius 3 is 2.21 bits per heavy atom. The molecule has 0 fully saturated rings. The number of nitrogens with zero attached hydrogens (tertiary/aromatic N) is 2. The molecule has 0 atom stereocenters. The zero-order valence-electron chi connectivity index (χ0n) is 9.02. The molecule has 8 nitrogen and oxygen atoms in total. The van der Waals surface area contributed by atoms with E-state index in [1.54, 1.807) is 0 Å². The van der Waals surface area contributed by atoms with E-state index >= 15 is 0 Å². The monoisotopic (exact) mass is 280 g/mol. The Morgan fingerprint density at radius 1 is 1.05 bits per heavy atom. The predicted octanol–water partition coefficient (Wildman–Crippen LogP) is -1.83. The molecule has 2 aromatic carbocycles. The maximum Gasteiger partial charge on any atom is 0.413 e. The van der Waals surface area contributed by atoms with Gasteiger partial charge in [-0.3, -0.25) is 18.9 Å². The Labute approximate surface area is 104 Å². The van der Waals surface area contributed by atoms with Gasteiger partial charge in [0.1, 0.15) is 4.90 Å². The van der Waals surface area contributed by atoms with Crippen LogP contribution in [0.3, 0.4) is 0 Å². The Balaban J connectivity index is 3.41. The molecular weight excluding hydrogens is 276 g/mol. The molecule has 0 aliphatic carbocycles. The fourth-order valence-electron chi connectivity index (χ4n) is 1.71. The molecule has 19 heavy (non-hydrogen) atoms. The van der Waals surface area contributed by atoms with E-state index in [4.69, 9.17) is 10.1 Å². The molecule has 0 heterocycles. The predicted molar refractivity (Wildman–Crippen MR) is 61.7 cm³/mol. The van der Waals surface area contributed by atoms with E-state index in [1.807, 2.05) is 0 Å². The van der Waals surface area contributed by atoms with Crippen molar-refractivity contribution in [1.82, 2.24) is 0 Å². The molecule has 0 saturated carbocycles. The first-order valence-corrected chi connectivity index (χ1v) is 6.19. The van der Waals surface area contributed by atoms with Crippen molar-refractivity contribution in [3.63, 3.8) is 0 Å². The van der Waals surface area contributed by atoms with Crippen LogP contribution in [0, 0.1) is 0 Å². The summed E-state index contributed by atoms with van der Waals surface area (Å²) in [4.78, 5) is 36.5. The highest BCUT2D eigenvalue weighted by Gasteiger charge is 2.23. The minimum Gasteiger partial charge on any atom is -0.360 e. The fourth-order valence-corrected chi connectivity index (χ4v) is 2.42. The Hall–Kier alpha value is -2.48. The zero-order chi connectivity index (χ0) is 14.4. The second kappa shape index (κ2) is 4.02. The first kappa shape index (κ1) is 13.0. The average Bonchev–Trinajstić information content (AvgIpc) is 2.35. The SMILES string of the molecule is [N-]=[N+]=c1c(=O)c(=O)c2c(S(=O)(=O)O)cccc2c1=O. The van der Waals surface area contributed by atoms with Gasteiger partial charge in [-0.2, -0.15) is 13.2 Å². The van der Waals surface area contributed by atoms with Crippen LogP contribution in [-0.2, 0) is 10.1 Å². The van der Waals surface area contributed by atoms with Gasteiger partial charge in [-0.25, -0.2) is 0 Å². The second-order valence-corrected chi connectivity index (χ2v) is 4.98. The zero-order valence-corrected chi connectivity index (χ0v) is 9.84. The van der Waals surface area contributed by atoms with Crippen molar-refractivity contribution in [3.05, 3.63) is 59.8 Å². The van der Waals surface area contributed by atoms with Gasteiger partial charge in [-0.15, -0.1) is 0 Å². The highest BCUT2D eigenvalue weighted by molar-refractivity contribution is 7.86. The maximum atomic E-state index is 11.7. The smallest absolute Gasteiger partial charge is 0.360 e. The van der Waals surface area contributed by atoms with Crippen LogP contribution in [0.15, 0.2) is 37.5 Å². The number of rotatable bonds is 1. The van der Waals surface area contributed by atoms with Gasteiger partial charge in [0.15, 0.2) is 0 Å². The van der Waals surface area contributed by atoms with Gasteiger partial charge in [0, 0.05) is 5.39 Å². The molecule has 0 aromatic heterocycles. The van der Waals surface area contributed by atoms with Gasteiger partial charge < -0.3 is 5.53 Å². The third-order valence-corrected chi connectivity index (χ3v) is 3.41. The lowest BCUT2D eigenvalue weighted by molar-refractivity contribution is -0.0681. The van der Waals surface area contributed by atoms with E-state index < -0.39 is 47.4 Å². The number of fused-ring (bicyclic) bond motifs is 1. The number of benzene rings is 2. The molecule has 0 radical (unpaired) electrons. The molecule has 1 N–H and O–H groups in total. The summed E-state index contributed by atoms with van der Waals surface area (Å²) in [5.74, 6) is 0. The van der Waals surface area contributed by atoms with E-state index in [0.717, 1.165) is 18.2 Å². The lowest BCUT2D eigenvalue weighted by atomic mass is 10.1. The van der Waals surface area contributed by atoms with Crippen molar-refractivity contribution in [2.75, 3.05) is 0 Å². The van der Waals surface area contributed by atoms with Gasteiger partial charge in [-0.1, -0.05) is 6.07 Å². The Kier molecular flexibility index (Phi) is 2.74. The molecule has 0 unspecified atom stereocenters. The summed E-state index contributed by atoms with van der Waals surface area (Å²) in [6.45, 7) is 0.